The van der Waals surface area contributed by atoms with Crippen molar-refractivity contribution in [3.63, 3.8) is 0 Å². The van der Waals surface area contributed by atoms with Crippen LogP contribution in [-0.2, 0) is 9.59 Å². The minimum atomic E-state index is -0.208. The molecule has 178 valence electrons. The molecule has 5 rings (SSSR count). The standard InChI is InChI=1S/C31H32N2O2/c1-20-14-21(2)16-26(15-20)33-28-17-24(22-8-6-5-7-9-22)18-29(34)31(28)27(19-30(33)35)23-10-12-25(13-11-23)32(3)4/h5-16,24,27H,17-19H2,1-4H3. The highest BCUT2D eigenvalue weighted by Gasteiger charge is 2.42. The Morgan fingerprint density at radius 3 is 2.06 bits per heavy atom. The van der Waals surface area contributed by atoms with E-state index in [9.17, 15) is 9.59 Å². The predicted molar refractivity (Wildman–Crippen MR) is 142 cm³/mol. The molecule has 0 saturated heterocycles. The average Bonchev–Trinajstić information content (AvgIpc) is 2.83. The normalized spacial score (nSPS) is 20.2. The molecular formula is C31H32N2O2. The quantitative estimate of drug-likeness (QED) is 0.456. The first-order valence-electron chi connectivity index (χ1n) is 12.3. The molecule has 0 saturated carbocycles. The van der Waals surface area contributed by atoms with Crippen LogP contribution in [-0.4, -0.2) is 25.8 Å². The van der Waals surface area contributed by atoms with Crippen LogP contribution in [0.4, 0.5) is 11.4 Å². The second-order valence-corrected chi connectivity index (χ2v) is 10.1. The van der Waals surface area contributed by atoms with Gasteiger partial charge in [-0.05, 0) is 72.7 Å². The highest BCUT2D eigenvalue weighted by molar-refractivity contribution is 6.08. The molecule has 0 radical (unpaired) electrons. The van der Waals surface area contributed by atoms with Crippen molar-refractivity contribution >= 4 is 23.1 Å². The van der Waals surface area contributed by atoms with Gasteiger partial charge in [0.05, 0.1) is 0 Å². The summed E-state index contributed by atoms with van der Waals surface area (Å²) in [6.45, 7) is 4.10. The second kappa shape index (κ2) is 9.18. The Kier molecular flexibility index (Phi) is 6.06. The summed E-state index contributed by atoms with van der Waals surface area (Å²) in [5.74, 6) is 0.0687. The molecule has 0 N–H and O–H groups in total. The van der Waals surface area contributed by atoms with Gasteiger partial charge in [0.2, 0.25) is 5.91 Å². The van der Waals surface area contributed by atoms with Crippen molar-refractivity contribution < 1.29 is 9.59 Å². The monoisotopic (exact) mass is 464 g/mol. The summed E-state index contributed by atoms with van der Waals surface area (Å²) in [5.41, 5.74) is 8.05. The number of hydrogen-bond donors (Lipinski definition) is 0. The minimum Gasteiger partial charge on any atom is -0.378 e. The lowest BCUT2D eigenvalue weighted by Gasteiger charge is -2.40. The number of hydrogen-bond acceptors (Lipinski definition) is 3. The van der Waals surface area contributed by atoms with Gasteiger partial charge in [-0.3, -0.25) is 14.5 Å². The molecule has 2 aliphatic rings. The van der Waals surface area contributed by atoms with Crippen molar-refractivity contribution in [2.75, 3.05) is 23.9 Å². The third-order valence-electron chi connectivity index (χ3n) is 7.28. The van der Waals surface area contributed by atoms with Crippen molar-refractivity contribution in [2.45, 2.75) is 44.9 Å². The minimum absolute atomic E-state index is 0.0527. The zero-order chi connectivity index (χ0) is 24.7. The molecule has 4 nitrogen and oxygen atoms in total. The first-order chi connectivity index (χ1) is 16.8. The molecule has 3 aromatic carbocycles. The largest absolute Gasteiger partial charge is 0.378 e. The Balaban J connectivity index is 1.64. The number of Topliss-reactive ketones (excluding diaryl/α,β-unsaturated/α-hetero) is 1. The molecule has 4 heteroatoms. The molecule has 0 bridgehead atoms. The Hall–Kier alpha value is -3.66. The molecule has 1 aliphatic carbocycles. The van der Waals surface area contributed by atoms with E-state index in [1.807, 2.05) is 51.0 Å². The SMILES string of the molecule is Cc1cc(C)cc(N2C(=O)CC(c3ccc(N(C)C)cc3)C3=C2CC(c2ccccc2)CC3=O)c1. The molecule has 2 atom stereocenters. The van der Waals surface area contributed by atoms with Gasteiger partial charge in [-0.1, -0.05) is 48.5 Å². The molecular weight excluding hydrogens is 432 g/mol. The number of allylic oxidation sites excluding steroid dienone is 2. The van der Waals surface area contributed by atoms with Crippen LogP contribution in [0.25, 0.3) is 0 Å². The fourth-order valence-corrected chi connectivity index (χ4v) is 5.67. The smallest absolute Gasteiger partial charge is 0.232 e. The van der Waals surface area contributed by atoms with E-state index in [2.05, 4.69) is 59.5 Å². The van der Waals surface area contributed by atoms with Crippen molar-refractivity contribution in [3.05, 3.63) is 106 Å². The number of anilines is 2. The van der Waals surface area contributed by atoms with Gasteiger partial charge < -0.3 is 4.90 Å². The predicted octanol–water partition coefficient (Wildman–Crippen LogP) is 6.29. The second-order valence-electron chi connectivity index (χ2n) is 10.1. The van der Waals surface area contributed by atoms with Gasteiger partial charge in [0.15, 0.2) is 5.78 Å². The molecule has 0 spiro atoms. The highest BCUT2D eigenvalue weighted by Crippen LogP contribution is 2.47. The number of carbonyl (C=O) groups excluding carboxylic acids is 2. The molecule has 1 aliphatic heterocycles. The van der Waals surface area contributed by atoms with Gasteiger partial charge >= 0.3 is 0 Å². The first-order valence-corrected chi connectivity index (χ1v) is 12.3. The Labute approximate surface area is 207 Å². The first kappa shape index (κ1) is 23.1. The third-order valence-corrected chi connectivity index (χ3v) is 7.28. The summed E-state index contributed by atoms with van der Waals surface area (Å²) >= 11 is 0. The van der Waals surface area contributed by atoms with Crippen LogP contribution < -0.4 is 9.80 Å². The highest BCUT2D eigenvalue weighted by atomic mass is 16.2. The van der Waals surface area contributed by atoms with E-state index in [0.29, 0.717) is 19.3 Å². The molecule has 0 fully saturated rings. The van der Waals surface area contributed by atoms with Crippen molar-refractivity contribution in [1.29, 1.82) is 0 Å². The van der Waals surface area contributed by atoms with Gasteiger partial charge in [0, 0.05) is 55.5 Å². The van der Waals surface area contributed by atoms with E-state index in [0.717, 1.165) is 44.9 Å². The van der Waals surface area contributed by atoms with Crippen molar-refractivity contribution in [3.8, 4) is 0 Å². The molecule has 1 amide bonds. The van der Waals surface area contributed by atoms with E-state index in [-0.39, 0.29) is 23.5 Å². The average molecular weight is 465 g/mol. The van der Waals surface area contributed by atoms with Gasteiger partial charge in [-0.2, -0.15) is 0 Å². The number of rotatable bonds is 4. The fraction of sp³-hybridized carbons (Fsp3) is 0.290. The number of benzene rings is 3. The van der Waals surface area contributed by atoms with Crippen LogP contribution in [0.1, 0.15) is 53.4 Å². The van der Waals surface area contributed by atoms with Crippen molar-refractivity contribution in [2.24, 2.45) is 0 Å². The van der Waals surface area contributed by atoms with Gasteiger partial charge in [0.1, 0.15) is 0 Å². The summed E-state index contributed by atoms with van der Waals surface area (Å²) in [6, 6.07) is 24.7. The maximum Gasteiger partial charge on any atom is 0.232 e. The lowest BCUT2D eigenvalue weighted by atomic mass is 9.72. The fourth-order valence-electron chi connectivity index (χ4n) is 5.67. The van der Waals surface area contributed by atoms with E-state index in [1.165, 1.54) is 0 Å². The molecule has 35 heavy (non-hydrogen) atoms. The van der Waals surface area contributed by atoms with Crippen LogP contribution in [0.5, 0.6) is 0 Å². The van der Waals surface area contributed by atoms with E-state index >= 15 is 0 Å². The summed E-state index contributed by atoms with van der Waals surface area (Å²) in [7, 11) is 4.02. The Morgan fingerprint density at radius 2 is 1.43 bits per heavy atom. The number of carbonyl (C=O) groups is 2. The molecule has 2 unspecified atom stereocenters. The number of aryl methyl sites for hydroxylation is 2. The van der Waals surface area contributed by atoms with Crippen LogP contribution >= 0.6 is 0 Å². The van der Waals surface area contributed by atoms with E-state index in [4.69, 9.17) is 0 Å². The van der Waals surface area contributed by atoms with E-state index < -0.39 is 0 Å². The zero-order valence-corrected chi connectivity index (χ0v) is 20.9. The number of amides is 1. The van der Waals surface area contributed by atoms with E-state index in [1.54, 1.807) is 0 Å². The van der Waals surface area contributed by atoms with Crippen LogP contribution in [0, 0.1) is 13.8 Å². The summed E-state index contributed by atoms with van der Waals surface area (Å²) in [4.78, 5) is 31.4. The summed E-state index contributed by atoms with van der Waals surface area (Å²) in [5, 5.41) is 0. The van der Waals surface area contributed by atoms with Crippen LogP contribution in [0.2, 0.25) is 0 Å². The molecule has 0 aromatic heterocycles. The summed E-state index contributed by atoms with van der Waals surface area (Å²) in [6.07, 6.45) is 1.45. The third kappa shape index (κ3) is 4.41. The lowest BCUT2D eigenvalue weighted by Crippen LogP contribution is -2.41. The maximum atomic E-state index is 13.8. The summed E-state index contributed by atoms with van der Waals surface area (Å²) < 4.78 is 0. The molecule has 1 heterocycles. The number of nitrogens with zero attached hydrogens (tertiary/aromatic N) is 2. The maximum absolute atomic E-state index is 13.8. The van der Waals surface area contributed by atoms with Gasteiger partial charge in [0.25, 0.3) is 0 Å². The van der Waals surface area contributed by atoms with Crippen LogP contribution in [0.15, 0.2) is 84.1 Å². The van der Waals surface area contributed by atoms with Gasteiger partial charge in [-0.25, -0.2) is 0 Å². The topological polar surface area (TPSA) is 40.6 Å². The number of ketones is 1. The van der Waals surface area contributed by atoms with Crippen molar-refractivity contribution in [1.82, 2.24) is 0 Å². The molecule has 3 aromatic rings. The lowest BCUT2D eigenvalue weighted by molar-refractivity contribution is -0.120. The Bertz CT molecular complexity index is 1290. The zero-order valence-electron chi connectivity index (χ0n) is 20.9. The Morgan fingerprint density at radius 1 is 0.771 bits per heavy atom. The van der Waals surface area contributed by atoms with Gasteiger partial charge in [-0.15, -0.1) is 0 Å². The van der Waals surface area contributed by atoms with Crippen LogP contribution in [0.3, 0.4) is 0 Å².